The first kappa shape index (κ1) is 16.6. The van der Waals surface area contributed by atoms with Gasteiger partial charge in [-0.05, 0) is 32.0 Å². The highest BCUT2D eigenvalue weighted by atomic mass is 16.6. The second kappa shape index (κ2) is 5.95. The van der Waals surface area contributed by atoms with Crippen molar-refractivity contribution in [2.75, 3.05) is 37.6 Å². The Hall–Kier alpha value is -2.61. The van der Waals surface area contributed by atoms with Gasteiger partial charge in [0, 0.05) is 25.8 Å². The molecule has 8 nitrogen and oxygen atoms in total. The molecule has 0 aliphatic carbocycles. The van der Waals surface area contributed by atoms with Gasteiger partial charge in [0.05, 0.1) is 25.7 Å². The zero-order chi connectivity index (χ0) is 18.6. The number of rotatable bonds is 3. The highest BCUT2D eigenvalue weighted by molar-refractivity contribution is 5.73. The third-order valence-electron chi connectivity index (χ3n) is 5.77. The molecular weight excluding hydrogens is 346 g/mol. The normalized spacial score (nSPS) is 24.1. The van der Waals surface area contributed by atoms with Crippen molar-refractivity contribution in [1.29, 1.82) is 0 Å². The lowest BCUT2D eigenvalue weighted by Crippen LogP contribution is -2.71. The summed E-state index contributed by atoms with van der Waals surface area (Å²) in [5.41, 5.74) is -0.451. The Labute approximate surface area is 157 Å². The topological polar surface area (TPSA) is 74.9 Å². The SMILES string of the molecule is Cc1nccc(N2CC3(C2)OC(=O)N2CCN(Cc4ccc(C)o4)CC23)n1. The van der Waals surface area contributed by atoms with E-state index in [9.17, 15) is 4.79 Å². The standard InChI is InChI=1S/C19H23N5O3/c1-13-3-4-15(26-13)9-22-7-8-24-16(10-22)19(27-18(24)25)11-23(12-19)17-5-6-20-14(2)21-17/h3-6,16H,7-12H2,1-2H3. The molecule has 1 atom stereocenters. The second-order valence-corrected chi connectivity index (χ2v) is 7.71. The number of fused-ring (bicyclic) bond motifs is 2. The smallest absolute Gasteiger partial charge is 0.411 e. The molecule has 0 aromatic carbocycles. The van der Waals surface area contributed by atoms with Crippen molar-refractivity contribution in [3.8, 4) is 0 Å². The van der Waals surface area contributed by atoms with Crippen LogP contribution in [-0.4, -0.2) is 70.2 Å². The molecule has 5 rings (SSSR count). The minimum Gasteiger partial charge on any atom is -0.465 e. The van der Waals surface area contributed by atoms with E-state index in [4.69, 9.17) is 9.15 Å². The van der Waals surface area contributed by atoms with E-state index < -0.39 is 5.60 Å². The summed E-state index contributed by atoms with van der Waals surface area (Å²) in [6.07, 6.45) is 1.58. The molecule has 1 amide bonds. The number of carbonyl (C=O) groups is 1. The van der Waals surface area contributed by atoms with Crippen LogP contribution in [0.4, 0.5) is 10.6 Å². The van der Waals surface area contributed by atoms with Gasteiger partial charge in [-0.2, -0.15) is 0 Å². The van der Waals surface area contributed by atoms with Crippen molar-refractivity contribution in [2.24, 2.45) is 0 Å². The molecule has 3 aliphatic rings. The molecule has 0 radical (unpaired) electrons. The predicted octanol–water partition coefficient (Wildman–Crippen LogP) is 1.58. The van der Waals surface area contributed by atoms with Crippen LogP contribution in [0.25, 0.3) is 0 Å². The van der Waals surface area contributed by atoms with Crippen LogP contribution >= 0.6 is 0 Å². The predicted molar refractivity (Wildman–Crippen MR) is 97.4 cm³/mol. The first-order valence-electron chi connectivity index (χ1n) is 9.34. The molecule has 2 aromatic heterocycles. The molecule has 3 aliphatic heterocycles. The lowest BCUT2D eigenvalue weighted by molar-refractivity contribution is -0.0108. The molecule has 27 heavy (non-hydrogen) atoms. The summed E-state index contributed by atoms with van der Waals surface area (Å²) in [5.74, 6) is 3.53. The number of nitrogens with zero attached hydrogens (tertiary/aromatic N) is 5. The summed E-state index contributed by atoms with van der Waals surface area (Å²) in [6.45, 7) is 8.25. The van der Waals surface area contributed by atoms with Crippen molar-refractivity contribution in [1.82, 2.24) is 19.8 Å². The number of piperazine rings is 1. The average Bonchev–Trinajstić information content (AvgIpc) is 3.14. The largest absolute Gasteiger partial charge is 0.465 e. The quantitative estimate of drug-likeness (QED) is 0.813. The fourth-order valence-corrected chi connectivity index (χ4v) is 4.40. The summed E-state index contributed by atoms with van der Waals surface area (Å²) in [6, 6.07) is 5.98. The molecule has 1 unspecified atom stereocenters. The number of anilines is 1. The molecule has 3 fully saturated rings. The molecule has 0 bridgehead atoms. The Bertz CT molecular complexity index is 876. The highest BCUT2D eigenvalue weighted by Gasteiger charge is 2.62. The van der Waals surface area contributed by atoms with Crippen LogP contribution in [-0.2, 0) is 11.3 Å². The Morgan fingerprint density at radius 1 is 1.22 bits per heavy atom. The molecule has 0 N–H and O–H groups in total. The van der Waals surface area contributed by atoms with Crippen LogP contribution in [0.3, 0.4) is 0 Å². The van der Waals surface area contributed by atoms with E-state index in [2.05, 4.69) is 19.8 Å². The zero-order valence-corrected chi connectivity index (χ0v) is 15.6. The number of hydrogen-bond donors (Lipinski definition) is 0. The molecule has 3 saturated heterocycles. The number of furan rings is 1. The summed E-state index contributed by atoms with van der Waals surface area (Å²) in [4.78, 5) is 27.4. The Kier molecular flexibility index (Phi) is 3.65. The maximum Gasteiger partial charge on any atom is 0.411 e. The third-order valence-corrected chi connectivity index (χ3v) is 5.77. The summed E-state index contributed by atoms with van der Waals surface area (Å²) >= 11 is 0. The second-order valence-electron chi connectivity index (χ2n) is 7.71. The van der Waals surface area contributed by atoms with E-state index in [1.807, 2.05) is 36.9 Å². The number of aromatic nitrogens is 2. The Morgan fingerprint density at radius 2 is 2.07 bits per heavy atom. The van der Waals surface area contributed by atoms with E-state index in [-0.39, 0.29) is 12.1 Å². The first-order chi connectivity index (χ1) is 13.0. The zero-order valence-electron chi connectivity index (χ0n) is 15.6. The fraction of sp³-hybridized carbons (Fsp3) is 0.526. The number of amides is 1. The number of hydrogen-bond acceptors (Lipinski definition) is 7. The van der Waals surface area contributed by atoms with Crippen LogP contribution in [0.1, 0.15) is 17.3 Å². The van der Waals surface area contributed by atoms with Gasteiger partial charge in [-0.1, -0.05) is 0 Å². The number of aryl methyl sites for hydroxylation is 2. The Morgan fingerprint density at radius 3 is 2.81 bits per heavy atom. The highest BCUT2D eigenvalue weighted by Crippen LogP contribution is 2.41. The van der Waals surface area contributed by atoms with Gasteiger partial charge in [0.25, 0.3) is 0 Å². The minimum atomic E-state index is -0.451. The maximum absolute atomic E-state index is 12.4. The minimum absolute atomic E-state index is 0.0639. The van der Waals surface area contributed by atoms with Crippen LogP contribution in [0.15, 0.2) is 28.8 Å². The third kappa shape index (κ3) is 2.75. The van der Waals surface area contributed by atoms with Gasteiger partial charge in [-0.3, -0.25) is 9.80 Å². The van der Waals surface area contributed by atoms with Crippen LogP contribution < -0.4 is 4.90 Å². The van der Waals surface area contributed by atoms with Gasteiger partial charge in [-0.25, -0.2) is 14.8 Å². The van der Waals surface area contributed by atoms with Gasteiger partial charge < -0.3 is 14.1 Å². The van der Waals surface area contributed by atoms with Gasteiger partial charge in [0.2, 0.25) is 0 Å². The van der Waals surface area contributed by atoms with Crippen LogP contribution in [0, 0.1) is 13.8 Å². The van der Waals surface area contributed by atoms with E-state index in [0.717, 1.165) is 42.8 Å². The van der Waals surface area contributed by atoms with Crippen molar-refractivity contribution in [2.45, 2.75) is 32.0 Å². The monoisotopic (exact) mass is 369 g/mol. The van der Waals surface area contributed by atoms with Crippen LogP contribution in [0.2, 0.25) is 0 Å². The fourth-order valence-electron chi connectivity index (χ4n) is 4.40. The van der Waals surface area contributed by atoms with E-state index in [1.54, 1.807) is 6.20 Å². The molecule has 142 valence electrons. The Balaban J connectivity index is 1.30. The van der Waals surface area contributed by atoms with Gasteiger partial charge in [0.15, 0.2) is 5.60 Å². The van der Waals surface area contributed by atoms with Crippen LogP contribution in [0.5, 0.6) is 0 Å². The van der Waals surface area contributed by atoms with Gasteiger partial charge in [0.1, 0.15) is 23.2 Å². The molecule has 5 heterocycles. The molecule has 2 aromatic rings. The van der Waals surface area contributed by atoms with E-state index in [0.29, 0.717) is 19.6 Å². The number of carbonyl (C=O) groups excluding carboxylic acids is 1. The molecular formula is C19H23N5O3. The number of ether oxygens (including phenoxy) is 1. The van der Waals surface area contributed by atoms with Crippen molar-refractivity contribution in [3.05, 3.63) is 41.7 Å². The summed E-state index contributed by atoms with van der Waals surface area (Å²) in [5, 5.41) is 0. The lowest BCUT2D eigenvalue weighted by atomic mass is 9.84. The van der Waals surface area contributed by atoms with Gasteiger partial charge >= 0.3 is 6.09 Å². The average molecular weight is 369 g/mol. The summed E-state index contributed by atoms with van der Waals surface area (Å²) < 4.78 is 11.6. The van der Waals surface area contributed by atoms with E-state index in [1.165, 1.54) is 0 Å². The van der Waals surface area contributed by atoms with Crippen molar-refractivity contribution >= 4 is 11.9 Å². The first-order valence-corrected chi connectivity index (χ1v) is 9.34. The summed E-state index contributed by atoms with van der Waals surface area (Å²) in [7, 11) is 0. The molecule has 8 heteroatoms. The lowest BCUT2D eigenvalue weighted by Gasteiger charge is -2.51. The maximum atomic E-state index is 12.4. The molecule has 0 saturated carbocycles. The van der Waals surface area contributed by atoms with E-state index >= 15 is 0 Å². The molecule has 1 spiro atoms. The van der Waals surface area contributed by atoms with Gasteiger partial charge in [-0.15, -0.1) is 0 Å². The van der Waals surface area contributed by atoms with Crippen molar-refractivity contribution in [3.63, 3.8) is 0 Å². The van der Waals surface area contributed by atoms with Crippen molar-refractivity contribution < 1.29 is 13.9 Å².